The molecule has 3 amide bonds. The number of anilines is 1. The first-order chi connectivity index (χ1) is 16.8. The van der Waals surface area contributed by atoms with Crippen molar-refractivity contribution in [2.24, 2.45) is 0 Å². The summed E-state index contributed by atoms with van der Waals surface area (Å²) < 4.78 is 11.4. The van der Waals surface area contributed by atoms with E-state index >= 15 is 0 Å². The monoisotopic (exact) mass is 488 g/mol. The Hall–Kier alpha value is -2.65. The summed E-state index contributed by atoms with van der Waals surface area (Å²) in [5, 5.41) is 6.23. The van der Waals surface area contributed by atoms with Gasteiger partial charge in [0.15, 0.2) is 0 Å². The number of carbonyl (C=O) groups excluding carboxylic acids is 3. The van der Waals surface area contributed by atoms with Crippen LogP contribution in [0.2, 0.25) is 0 Å². The minimum Gasteiger partial charge on any atom is -0.473 e. The zero-order valence-corrected chi connectivity index (χ0v) is 21.7. The number of fused-ring (bicyclic) bond motifs is 1. The maximum Gasteiger partial charge on any atom is 0.273 e. The number of amides is 3. The summed E-state index contributed by atoms with van der Waals surface area (Å²) in [6.45, 7) is 10.6. The third-order valence-electron chi connectivity index (χ3n) is 6.70. The largest absolute Gasteiger partial charge is 0.473 e. The molecule has 2 aliphatic heterocycles. The van der Waals surface area contributed by atoms with Crippen LogP contribution in [0.5, 0.6) is 5.75 Å². The highest BCUT2D eigenvalue weighted by atomic mass is 16.5. The van der Waals surface area contributed by atoms with Gasteiger partial charge in [0, 0.05) is 51.3 Å². The highest BCUT2D eigenvalue weighted by Gasteiger charge is 2.45. The lowest BCUT2D eigenvalue weighted by Crippen LogP contribution is -2.58. The summed E-state index contributed by atoms with van der Waals surface area (Å²) in [4.78, 5) is 42.6. The Bertz CT molecular complexity index is 931. The number of ether oxygens (including phenoxy) is 2. The zero-order valence-electron chi connectivity index (χ0n) is 21.7. The van der Waals surface area contributed by atoms with Gasteiger partial charge in [0.2, 0.25) is 11.5 Å². The molecule has 1 aromatic carbocycles. The molecule has 9 nitrogen and oxygen atoms in total. The fourth-order valence-electron chi connectivity index (χ4n) is 4.84. The molecule has 0 aliphatic carbocycles. The minimum atomic E-state index is -1.20. The molecular formula is C26H40N4O5. The van der Waals surface area contributed by atoms with E-state index in [1.807, 2.05) is 17.9 Å². The molecule has 2 atom stereocenters. The average molecular weight is 489 g/mol. The fraction of sp³-hybridized carbons (Fsp3) is 0.654. The van der Waals surface area contributed by atoms with Gasteiger partial charge in [-0.05, 0) is 57.4 Å². The second kappa shape index (κ2) is 11.9. The van der Waals surface area contributed by atoms with Gasteiger partial charge in [-0.15, -0.1) is 0 Å². The Labute approximate surface area is 208 Å². The number of rotatable bonds is 10. The van der Waals surface area contributed by atoms with Crippen molar-refractivity contribution in [2.45, 2.75) is 65.0 Å². The van der Waals surface area contributed by atoms with Gasteiger partial charge in [-0.1, -0.05) is 13.8 Å². The summed E-state index contributed by atoms with van der Waals surface area (Å²) in [5.41, 5.74) is 0.710. The summed E-state index contributed by atoms with van der Waals surface area (Å²) in [6, 6.07) is 3.76. The molecule has 0 aromatic heterocycles. The van der Waals surface area contributed by atoms with Crippen LogP contribution in [0.1, 0.15) is 62.4 Å². The van der Waals surface area contributed by atoms with Crippen LogP contribution in [-0.2, 0) is 14.3 Å². The van der Waals surface area contributed by atoms with Crippen molar-refractivity contribution in [1.29, 1.82) is 0 Å². The first-order valence-electron chi connectivity index (χ1n) is 12.7. The number of nitrogens with zero attached hydrogens (tertiary/aromatic N) is 2. The van der Waals surface area contributed by atoms with Crippen molar-refractivity contribution in [3.8, 4) is 5.75 Å². The van der Waals surface area contributed by atoms with Crippen molar-refractivity contribution >= 4 is 23.4 Å². The molecule has 9 heteroatoms. The van der Waals surface area contributed by atoms with Crippen LogP contribution in [0.25, 0.3) is 0 Å². The molecule has 2 aliphatic rings. The van der Waals surface area contributed by atoms with Crippen LogP contribution in [0.3, 0.4) is 0 Å². The number of methoxy groups -OCH3 is 1. The smallest absolute Gasteiger partial charge is 0.273 e. The molecule has 1 saturated heterocycles. The molecule has 194 valence electrons. The number of carbonyl (C=O) groups is 3. The van der Waals surface area contributed by atoms with Crippen LogP contribution in [0.4, 0.5) is 5.69 Å². The number of aryl methyl sites for hydroxylation is 1. The summed E-state index contributed by atoms with van der Waals surface area (Å²) in [7, 11) is 1.53. The molecule has 0 unspecified atom stereocenters. The predicted molar refractivity (Wildman–Crippen MR) is 135 cm³/mol. The van der Waals surface area contributed by atoms with Crippen molar-refractivity contribution < 1.29 is 23.9 Å². The summed E-state index contributed by atoms with van der Waals surface area (Å²) in [6.07, 6.45) is 3.25. The first-order valence-corrected chi connectivity index (χ1v) is 12.7. The van der Waals surface area contributed by atoms with E-state index in [0.29, 0.717) is 36.5 Å². The van der Waals surface area contributed by atoms with Crippen LogP contribution >= 0.6 is 0 Å². The number of hydrogen-bond acceptors (Lipinski definition) is 6. The Morgan fingerprint density at radius 2 is 2.11 bits per heavy atom. The van der Waals surface area contributed by atoms with Crippen molar-refractivity contribution in [3.05, 3.63) is 23.3 Å². The number of piperidine rings is 1. The third kappa shape index (κ3) is 5.95. The molecule has 0 spiro atoms. The van der Waals surface area contributed by atoms with Crippen LogP contribution < -0.4 is 20.3 Å². The topological polar surface area (TPSA) is 100 Å². The molecular weight excluding hydrogens is 448 g/mol. The van der Waals surface area contributed by atoms with Gasteiger partial charge in [-0.2, -0.15) is 0 Å². The molecule has 0 saturated carbocycles. The molecule has 1 fully saturated rings. The molecule has 0 bridgehead atoms. The standard InChI is InChI=1S/C26H40N4O5/c1-6-12-29(19-9-8-10-27-16-19)24(32)20-15-21-22(14-18(20)3)35-26(4,17-34-5)25(33)30(21)13-11-28-23(31)7-2/h14-15,19,27H,6-13,16-17H2,1-5H3,(H,28,31)/t19-,26-/m1/s1. The maximum atomic E-state index is 13.8. The van der Waals surface area contributed by atoms with E-state index in [0.717, 1.165) is 37.9 Å². The van der Waals surface area contributed by atoms with Gasteiger partial charge in [-0.25, -0.2) is 0 Å². The highest BCUT2D eigenvalue weighted by Crippen LogP contribution is 2.40. The lowest BCUT2D eigenvalue weighted by atomic mass is 9.97. The van der Waals surface area contributed by atoms with E-state index in [1.165, 1.54) is 7.11 Å². The molecule has 2 heterocycles. The minimum absolute atomic E-state index is 0.0299. The Balaban J connectivity index is 1.97. The Morgan fingerprint density at radius 1 is 1.34 bits per heavy atom. The summed E-state index contributed by atoms with van der Waals surface area (Å²) in [5.74, 6) is 0.155. The van der Waals surface area contributed by atoms with Crippen LogP contribution in [0.15, 0.2) is 12.1 Å². The van der Waals surface area contributed by atoms with Crippen LogP contribution in [0, 0.1) is 6.92 Å². The van der Waals surface area contributed by atoms with Gasteiger partial charge in [0.25, 0.3) is 11.8 Å². The molecule has 1 aromatic rings. The third-order valence-corrected chi connectivity index (χ3v) is 6.70. The van der Waals surface area contributed by atoms with Crippen LogP contribution in [-0.4, -0.2) is 80.7 Å². The van der Waals surface area contributed by atoms with E-state index in [1.54, 1.807) is 24.8 Å². The van der Waals surface area contributed by atoms with E-state index < -0.39 is 5.60 Å². The van der Waals surface area contributed by atoms with Crippen molar-refractivity contribution in [1.82, 2.24) is 15.5 Å². The van der Waals surface area contributed by atoms with Gasteiger partial charge in [0.1, 0.15) is 5.75 Å². The number of nitrogens with one attached hydrogen (secondary N) is 2. The zero-order chi connectivity index (χ0) is 25.6. The van der Waals surface area contributed by atoms with Gasteiger partial charge < -0.3 is 29.9 Å². The quantitative estimate of drug-likeness (QED) is 0.524. The van der Waals surface area contributed by atoms with Gasteiger partial charge in [0.05, 0.1) is 12.3 Å². The molecule has 3 rings (SSSR count). The fourth-order valence-corrected chi connectivity index (χ4v) is 4.84. The SMILES string of the molecule is CCCN(C(=O)c1cc2c(cc1C)O[C@](C)(COC)C(=O)N2CCNC(=O)CC)[C@@H]1CCCNC1. The van der Waals surface area contributed by atoms with E-state index in [-0.39, 0.29) is 36.9 Å². The first kappa shape index (κ1) is 26.9. The second-order valence-electron chi connectivity index (χ2n) is 9.56. The molecule has 35 heavy (non-hydrogen) atoms. The summed E-state index contributed by atoms with van der Waals surface area (Å²) >= 11 is 0. The maximum absolute atomic E-state index is 13.8. The number of hydrogen-bond donors (Lipinski definition) is 2. The lowest BCUT2D eigenvalue weighted by molar-refractivity contribution is -0.138. The van der Waals surface area contributed by atoms with E-state index in [2.05, 4.69) is 17.6 Å². The normalized spacial score (nSPS) is 21.8. The van der Waals surface area contributed by atoms with Crippen molar-refractivity contribution in [3.63, 3.8) is 0 Å². The van der Waals surface area contributed by atoms with Crippen molar-refractivity contribution in [2.75, 3.05) is 51.3 Å². The van der Waals surface area contributed by atoms with Gasteiger partial charge in [-0.3, -0.25) is 14.4 Å². The van der Waals surface area contributed by atoms with Gasteiger partial charge >= 0.3 is 0 Å². The number of benzene rings is 1. The van der Waals surface area contributed by atoms with E-state index in [9.17, 15) is 14.4 Å². The lowest BCUT2D eigenvalue weighted by Gasteiger charge is -2.41. The highest BCUT2D eigenvalue weighted by molar-refractivity contribution is 6.05. The Kier molecular flexibility index (Phi) is 9.13. The van der Waals surface area contributed by atoms with E-state index in [4.69, 9.17) is 9.47 Å². The molecule has 0 radical (unpaired) electrons. The second-order valence-corrected chi connectivity index (χ2v) is 9.56. The Morgan fingerprint density at radius 3 is 2.74 bits per heavy atom. The molecule has 2 N–H and O–H groups in total. The predicted octanol–water partition coefficient (Wildman–Crippen LogP) is 2.26. The average Bonchev–Trinajstić information content (AvgIpc) is 2.85.